The second-order valence-electron chi connectivity index (χ2n) is 5.71. The first kappa shape index (κ1) is 29.2. The SMILES string of the molecule is COC(=O)c1ccc(C(=O)OC)cc1.O=C(O)CCCCC(=O)O.OCCCCO. The number of unbranched alkanes of at least 4 members (excludes halogenated alkanes) is 2. The standard InChI is InChI=1S/C10H10O4.C6H10O4.C4H10O2/c1-13-9(11)7-3-5-8(6-4-7)10(12)14-2;7-5(8)3-1-2-4-6(9)10;5-3-1-2-4-6/h3-6H,1-2H3;1-4H2,(H,7,8)(H,9,10);5-6H,1-4H2. The number of aliphatic hydroxyl groups is 2. The minimum absolute atomic E-state index is 0.0628. The van der Waals surface area contributed by atoms with Crippen molar-refractivity contribution in [2.75, 3.05) is 27.4 Å². The molecule has 0 saturated heterocycles. The highest BCUT2D eigenvalue weighted by atomic mass is 16.5. The second-order valence-corrected chi connectivity index (χ2v) is 5.71. The third-order valence-corrected chi connectivity index (χ3v) is 3.32. The molecule has 1 rings (SSSR count). The Hall–Kier alpha value is -2.98. The van der Waals surface area contributed by atoms with E-state index in [-0.39, 0.29) is 26.1 Å². The highest BCUT2D eigenvalue weighted by molar-refractivity contribution is 5.93. The lowest BCUT2D eigenvalue weighted by atomic mass is 10.1. The molecule has 0 aliphatic heterocycles. The summed E-state index contributed by atoms with van der Waals surface area (Å²) < 4.78 is 9.02. The molecule has 0 atom stereocenters. The van der Waals surface area contributed by atoms with Gasteiger partial charge in [-0.05, 0) is 49.9 Å². The number of ether oxygens (including phenoxy) is 2. The maximum Gasteiger partial charge on any atom is 0.337 e. The number of carboxylic acids is 2. The third kappa shape index (κ3) is 17.1. The van der Waals surface area contributed by atoms with Gasteiger partial charge in [0.25, 0.3) is 0 Å². The van der Waals surface area contributed by atoms with Crippen LogP contribution in [0.5, 0.6) is 0 Å². The normalized spacial score (nSPS) is 9.20. The summed E-state index contributed by atoms with van der Waals surface area (Å²) >= 11 is 0. The van der Waals surface area contributed by atoms with Gasteiger partial charge in [0.1, 0.15) is 0 Å². The maximum absolute atomic E-state index is 11.0. The van der Waals surface area contributed by atoms with E-state index in [1.54, 1.807) is 0 Å². The summed E-state index contributed by atoms with van der Waals surface area (Å²) in [5.74, 6) is -2.60. The van der Waals surface area contributed by atoms with Crippen molar-refractivity contribution in [1.29, 1.82) is 0 Å². The number of aliphatic hydroxyl groups excluding tert-OH is 2. The van der Waals surface area contributed by atoms with Crippen molar-refractivity contribution in [3.8, 4) is 0 Å². The molecule has 0 aromatic heterocycles. The Morgan fingerprint density at radius 2 is 0.967 bits per heavy atom. The summed E-state index contributed by atoms with van der Waals surface area (Å²) in [6.45, 7) is 0.390. The Morgan fingerprint density at radius 1 is 0.667 bits per heavy atom. The van der Waals surface area contributed by atoms with Crippen molar-refractivity contribution in [1.82, 2.24) is 0 Å². The topological polar surface area (TPSA) is 168 Å². The minimum Gasteiger partial charge on any atom is -0.481 e. The molecular weight excluding hydrogens is 400 g/mol. The van der Waals surface area contributed by atoms with E-state index in [2.05, 4.69) is 9.47 Å². The first-order valence-corrected chi connectivity index (χ1v) is 9.15. The Kier molecular flexibility index (Phi) is 18.8. The van der Waals surface area contributed by atoms with Crippen LogP contribution in [0, 0.1) is 0 Å². The summed E-state index contributed by atoms with van der Waals surface area (Å²) in [5, 5.41) is 32.4. The molecule has 0 fully saturated rings. The molecule has 0 radical (unpaired) electrons. The van der Waals surface area contributed by atoms with E-state index in [1.165, 1.54) is 38.5 Å². The van der Waals surface area contributed by atoms with E-state index < -0.39 is 23.9 Å². The van der Waals surface area contributed by atoms with Crippen LogP contribution in [0.1, 0.15) is 59.2 Å². The molecule has 4 N–H and O–H groups in total. The van der Waals surface area contributed by atoms with Gasteiger partial charge >= 0.3 is 23.9 Å². The highest BCUT2D eigenvalue weighted by Crippen LogP contribution is 2.06. The fraction of sp³-hybridized carbons (Fsp3) is 0.500. The van der Waals surface area contributed by atoms with Crippen LogP contribution in [-0.2, 0) is 19.1 Å². The lowest BCUT2D eigenvalue weighted by molar-refractivity contribution is -0.139. The van der Waals surface area contributed by atoms with Gasteiger partial charge in [-0.25, -0.2) is 9.59 Å². The van der Waals surface area contributed by atoms with Gasteiger partial charge in [-0.3, -0.25) is 9.59 Å². The van der Waals surface area contributed by atoms with Crippen LogP contribution in [0.2, 0.25) is 0 Å². The minimum atomic E-state index is -0.870. The number of methoxy groups -OCH3 is 2. The van der Waals surface area contributed by atoms with Crippen molar-refractivity contribution in [2.45, 2.75) is 38.5 Å². The van der Waals surface area contributed by atoms with Gasteiger partial charge < -0.3 is 29.9 Å². The van der Waals surface area contributed by atoms with Gasteiger partial charge in [0.15, 0.2) is 0 Å². The average Bonchev–Trinajstić information content (AvgIpc) is 2.75. The van der Waals surface area contributed by atoms with Crippen molar-refractivity contribution >= 4 is 23.9 Å². The van der Waals surface area contributed by atoms with Gasteiger partial charge in [-0.15, -0.1) is 0 Å². The highest BCUT2D eigenvalue weighted by Gasteiger charge is 2.08. The van der Waals surface area contributed by atoms with Crippen LogP contribution in [-0.4, -0.2) is 71.7 Å². The number of carbonyl (C=O) groups excluding carboxylic acids is 2. The zero-order chi connectivity index (χ0) is 23.4. The lowest BCUT2D eigenvalue weighted by Gasteiger charge is -2.00. The summed E-state index contributed by atoms with van der Waals surface area (Å²) in [6.07, 6.45) is 2.46. The molecule has 10 nitrogen and oxygen atoms in total. The quantitative estimate of drug-likeness (QED) is 0.317. The van der Waals surface area contributed by atoms with Gasteiger partial charge in [0, 0.05) is 26.1 Å². The van der Waals surface area contributed by atoms with Crippen LogP contribution >= 0.6 is 0 Å². The molecule has 1 aromatic carbocycles. The number of esters is 2. The fourth-order valence-corrected chi connectivity index (χ4v) is 1.75. The van der Waals surface area contributed by atoms with Crippen molar-refractivity contribution < 1.29 is 49.1 Å². The van der Waals surface area contributed by atoms with Gasteiger partial charge in [-0.1, -0.05) is 0 Å². The van der Waals surface area contributed by atoms with E-state index in [1.807, 2.05) is 0 Å². The number of hydrogen-bond donors (Lipinski definition) is 4. The summed E-state index contributed by atoms with van der Waals surface area (Å²) in [5.41, 5.74) is 0.806. The number of rotatable bonds is 10. The largest absolute Gasteiger partial charge is 0.481 e. The van der Waals surface area contributed by atoms with E-state index in [0.717, 1.165) is 12.8 Å². The zero-order valence-electron chi connectivity index (χ0n) is 17.2. The maximum atomic E-state index is 11.0. The molecule has 10 heteroatoms. The fourth-order valence-electron chi connectivity index (χ4n) is 1.75. The van der Waals surface area contributed by atoms with Crippen LogP contribution in [0.3, 0.4) is 0 Å². The Balaban J connectivity index is 0. The van der Waals surface area contributed by atoms with Gasteiger partial charge in [0.05, 0.1) is 25.3 Å². The molecule has 0 unspecified atom stereocenters. The van der Waals surface area contributed by atoms with Gasteiger partial charge in [0.2, 0.25) is 0 Å². The zero-order valence-corrected chi connectivity index (χ0v) is 17.2. The summed E-state index contributed by atoms with van der Waals surface area (Å²) in [4.78, 5) is 41.8. The van der Waals surface area contributed by atoms with Crippen molar-refractivity contribution in [2.24, 2.45) is 0 Å². The van der Waals surface area contributed by atoms with Gasteiger partial charge in [-0.2, -0.15) is 0 Å². The monoisotopic (exact) mass is 430 g/mol. The summed E-state index contributed by atoms with van der Waals surface area (Å²) in [7, 11) is 2.60. The van der Waals surface area contributed by atoms with Crippen LogP contribution in [0.4, 0.5) is 0 Å². The van der Waals surface area contributed by atoms with Crippen LogP contribution in [0.25, 0.3) is 0 Å². The van der Waals surface area contributed by atoms with E-state index in [0.29, 0.717) is 24.0 Å². The van der Waals surface area contributed by atoms with Crippen molar-refractivity contribution in [3.63, 3.8) is 0 Å². The molecular formula is C20H30O10. The summed E-state index contributed by atoms with van der Waals surface area (Å²) in [6, 6.07) is 6.05. The smallest absolute Gasteiger partial charge is 0.337 e. The molecule has 0 spiro atoms. The number of benzene rings is 1. The molecule has 0 saturated carbocycles. The Morgan fingerprint density at radius 3 is 1.17 bits per heavy atom. The number of hydrogen-bond acceptors (Lipinski definition) is 8. The molecule has 0 aliphatic rings. The molecule has 0 aliphatic carbocycles. The molecule has 0 bridgehead atoms. The average molecular weight is 430 g/mol. The van der Waals surface area contributed by atoms with Crippen LogP contribution < -0.4 is 0 Å². The van der Waals surface area contributed by atoms with E-state index in [4.69, 9.17) is 20.4 Å². The number of aliphatic carboxylic acids is 2. The Bertz CT molecular complexity index is 570. The first-order valence-electron chi connectivity index (χ1n) is 9.15. The van der Waals surface area contributed by atoms with E-state index in [9.17, 15) is 19.2 Å². The number of carbonyl (C=O) groups is 4. The molecule has 170 valence electrons. The molecule has 1 aromatic rings. The van der Waals surface area contributed by atoms with Crippen molar-refractivity contribution in [3.05, 3.63) is 35.4 Å². The second kappa shape index (κ2) is 19.3. The Labute approximate surface area is 175 Å². The number of carboxylic acid groups (broad SMARTS) is 2. The first-order chi connectivity index (χ1) is 14.2. The molecule has 30 heavy (non-hydrogen) atoms. The lowest BCUT2D eigenvalue weighted by Crippen LogP contribution is -2.04. The third-order valence-electron chi connectivity index (χ3n) is 3.32. The van der Waals surface area contributed by atoms with Crippen LogP contribution in [0.15, 0.2) is 24.3 Å². The predicted molar refractivity (Wildman–Crippen MR) is 106 cm³/mol. The molecule has 0 heterocycles. The predicted octanol–water partition coefficient (Wildman–Crippen LogP) is 1.73. The molecule has 0 amide bonds. The van der Waals surface area contributed by atoms with E-state index >= 15 is 0 Å².